The number of aliphatic hydroxyl groups is 10. The third-order valence-electron chi connectivity index (χ3n) is 18.8. The molecule has 3 aliphatic rings. The Morgan fingerprint density at radius 3 is 1.14 bits per heavy atom. The van der Waals surface area contributed by atoms with Crippen LogP contribution < -0.4 is 0 Å². The Hall–Kier alpha value is -2.04. The van der Waals surface area contributed by atoms with E-state index in [1.807, 2.05) is 0 Å². The van der Waals surface area contributed by atoms with Gasteiger partial charge in [0.1, 0.15) is 98.7 Å². The molecule has 95 heavy (non-hydrogen) atoms. The number of ether oxygens (including phenoxy) is 7. The molecule has 1 aliphatic carbocycles. The molecular formula is C70H131O24P. The van der Waals surface area contributed by atoms with Gasteiger partial charge < -0.3 is 89.1 Å². The van der Waals surface area contributed by atoms with Crippen LogP contribution in [0, 0.1) is 5.92 Å². The molecule has 0 radical (unpaired) electrons. The topological polar surface area (TPSA) is 374 Å². The van der Waals surface area contributed by atoms with Crippen molar-refractivity contribution >= 4 is 25.7 Å². The minimum atomic E-state index is -5.69. The number of aliphatic hydroxyl groups excluding tert-OH is 10. The summed E-state index contributed by atoms with van der Waals surface area (Å²) in [6.45, 7) is 5.75. The van der Waals surface area contributed by atoms with Gasteiger partial charge in [0.2, 0.25) is 0 Å². The first kappa shape index (κ1) is 87.2. The minimum Gasteiger partial charge on any atom is -0.463 e. The molecule has 0 amide bonds. The quantitative estimate of drug-likeness (QED) is 0.0117. The molecule has 3 rings (SSSR count). The summed E-state index contributed by atoms with van der Waals surface area (Å²) >= 11 is 0. The van der Waals surface area contributed by atoms with Crippen molar-refractivity contribution in [1.29, 1.82) is 0 Å². The van der Waals surface area contributed by atoms with Gasteiger partial charge in [0.05, 0.1) is 13.2 Å². The van der Waals surface area contributed by atoms with Crippen molar-refractivity contribution in [3.05, 3.63) is 0 Å². The van der Waals surface area contributed by atoms with Gasteiger partial charge in [-0.2, -0.15) is 0 Å². The first-order valence-electron chi connectivity index (χ1n) is 37.2. The second-order valence-corrected chi connectivity index (χ2v) is 28.7. The third kappa shape index (κ3) is 35.9. The number of rotatable bonds is 57. The highest BCUT2D eigenvalue weighted by atomic mass is 31.2. The highest BCUT2D eigenvalue weighted by molar-refractivity contribution is 7.47. The van der Waals surface area contributed by atoms with E-state index < -0.39 is 156 Å². The van der Waals surface area contributed by atoms with Crippen LogP contribution in [0.2, 0.25) is 0 Å². The Labute approximate surface area is 568 Å². The molecule has 1 saturated carbocycles. The minimum absolute atomic E-state index is 0.0327. The molecule has 11 N–H and O–H groups in total. The molecule has 2 saturated heterocycles. The van der Waals surface area contributed by atoms with Crippen molar-refractivity contribution in [2.45, 2.75) is 395 Å². The second-order valence-electron chi connectivity index (χ2n) is 27.3. The Kier molecular flexibility index (Phi) is 47.7. The Balaban J connectivity index is 1.75. The van der Waals surface area contributed by atoms with Gasteiger partial charge in [0.25, 0.3) is 0 Å². The van der Waals surface area contributed by atoms with Crippen LogP contribution in [0.3, 0.4) is 0 Å². The number of phosphoric ester groups is 1. The fourth-order valence-corrected chi connectivity index (χ4v) is 13.6. The molecule has 0 bridgehead atoms. The molecule has 560 valence electrons. The third-order valence-corrected chi connectivity index (χ3v) is 19.8. The molecule has 0 aromatic rings. The van der Waals surface area contributed by atoms with Crippen LogP contribution in [0.25, 0.3) is 0 Å². The number of phosphoric acid groups is 1. The maximum absolute atomic E-state index is 14.3. The average Bonchev–Trinajstić information content (AvgIpc) is 0.769. The highest BCUT2D eigenvalue weighted by Gasteiger charge is 2.58. The molecule has 2 heterocycles. The molecule has 19 atom stereocenters. The van der Waals surface area contributed by atoms with Crippen molar-refractivity contribution in [2.24, 2.45) is 5.92 Å². The van der Waals surface area contributed by atoms with Gasteiger partial charge in [0.15, 0.2) is 18.7 Å². The summed E-state index contributed by atoms with van der Waals surface area (Å²) in [6.07, 6.45) is 6.19. The standard InChI is InChI=1S/C70H131O24P/c1-5-8-11-14-17-19-21-23-25-27-33-38-43-54(72)86-47-51(89-56(74)45-40-35-30-29-32-37-42-50(4)41-36-31-16-13-10-7-3)48-88-95(84,85)94-68-66(92-69-64(82)59(77)57(75)52(46-71)90-69)62(80)61(79)63(81)67(68)93-70-65(83)60(78)58(76)53(91-70)49-87-55(73)44-39-34-28-26-24-22-20-18-15-12-9-6-2/h50-53,57-71,75-83H,5-49H2,1-4H3,(H,84,85). The SMILES string of the molecule is CCCCCCCCCCCCCCC(=O)OCC(COP(=O)(O)OC1C(OC2OC(CO)C(O)C(O)C2O)C(O)C(O)C(O)C1OC1OC(COC(=O)CCCCCCCCCCCCCC)C(O)C(O)C1O)OC(=O)CCCCCCCCC(C)CCCCCCCC. The molecule has 3 fully saturated rings. The number of esters is 3. The number of carbonyl (C=O) groups is 3. The van der Waals surface area contributed by atoms with E-state index in [2.05, 4.69) is 27.7 Å². The summed E-state index contributed by atoms with van der Waals surface area (Å²) < 4.78 is 65.0. The zero-order chi connectivity index (χ0) is 69.8. The van der Waals surface area contributed by atoms with E-state index >= 15 is 0 Å². The van der Waals surface area contributed by atoms with Crippen LogP contribution >= 0.6 is 7.82 Å². The van der Waals surface area contributed by atoms with Crippen LogP contribution in [-0.4, -0.2) is 204 Å². The molecule has 19 unspecified atom stereocenters. The maximum atomic E-state index is 14.3. The summed E-state index contributed by atoms with van der Waals surface area (Å²) in [5, 5.41) is 110. The Morgan fingerprint density at radius 2 is 0.737 bits per heavy atom. The van der Waals surface area contributed by atoms with E-state index in [-0.39, 0.29) is 19.3 Å². The number of hydrogen-bond donors (Lipinski definition) is 11. The molecule has 2 aliphatic heterocycles. The molecule has 25 heteroatoms. The molecule has 0 spiro atoms. The number of unbranched alkanes of at least 4 members (excludes halogenated alkanes) is 32. The van der Waals surface area contributed by atoms with Crippen molar-refractivity contribution in [3.63, 3.8) is 0 Å². The van der Waals surface area contributed by atoms with Crippen molar-refractivity contribution in [1.82, 2.24) is 0 Å². The summed E-state index contributed by atoms with van der Waals surface area (Å²) in [4.78, 5) is 51.0. The van der Waals surface area contributed by atoms with Gasteiger partial charge >= 0.3 is 25.7 Å². The van der Waals surface area contributed by atoms with Gasteiger partial charge in [-0.25, -0.2) is 4.57 Å². The van der Waals surface area contributed by atoms with Crippen molar-refractivity contribution in [2.75, 3.05) is 26.4 Å². The van der Waals surface area contributed by atoms with Gasteiger partial charge in [-0.1, -0.05) is 252 Å². The van der Waals surface area contributed by atoms with E-state index in [1.165, 1.54) is 128 Å². The summed E-state index contributed by atoms with van der Waals surface area (Å²) in [5.41, 5.74) is 0. The van der Waals surface area contributed by atoms with Crippen LogP contribution in [0.5, 0.6) is 0 Å². The first-order valence-corrected chi connectivity index (χ1v) is 38.7. The highest BCUT2D eigenvalue weighted by Crippen LogP contribution is 2.49. The van der Waals surface area contributed by atoms with Crippen LogP contribution in [0.1, 0.15) is 291 Å². The monoisotopic (exact) mass is 1390 g/mol. The smallest absolute Gasteiger partial charge is 0.463 e. The average molecular weight is 1390 g/mol. The van der Waals surface area contributed by atoms with Gasteiger partial charge in [-0.3, -0.25) is 23.4 Å². The van der Waals surface area contributed by atoms with E-state index in [0.29, 0.717) is 25.2 Å². The number of hydrogen-bond acceptors (Lipinski definition) is 23. The zero-order valence-electron chi connectivity index (χ0n) is 58.4. The lowest BCUT2D eigenvalue weighted by Gasteiger charge is -2.49. The normalized spacial score (nSPS) is 28.4. The van der Waals surface area contributed by atoms with Gasteiger partial charge in [0, 0.05) is 19.3 Å². The Bertz CT molecular complexity index is 1990. The molecule has 0 aromatic heterocycles. The van der Waals surface area contributed by atoms with E-state index in [0.717, 1.165) is 96.3 Å². The summed E-state index contributed by atoms with van der Waals surface area (Å²) in [7, 11) is -5.69. The zero-order valence-corrected chi connectivity index (χ0v) is 59.3. The Morgan fingerprint density at radius 1 is 0.400 bits per heavy atom. The van der Waals surface area contributed by atoms with Crippen LogP contribution in [0.4, 0.5) is 0 Å². The summed E-state index contributed by atoms with van der Waals surface area (Å²) in [5.74, 6) is -1.30. The van der Waals surface area contributed by atoms with Gasteiger partial charge in [-0.15, -0.1) is 0 Å². The fourth-order valence-electron chi connectivity index (χ4n) is 12.6. The van der Waals surface area contributed by atoms with E-state index in [4.69, 9.17) is 42.2 Å². The van der Waals surface area contributed by atoms with E-state index in [1.54, 1.807) is 0 Å². The first-order chi connectivity index (χ1) is 45.7. The largest absolute Gasteiger partial charge is 0.472 e. The van der Waals surface area contributed by atoms with Crippen molar-refractivity contribution in [3.8, 4) is 0 Å². The fraction of sp³-hybridized carbons (Fsp3) is 0.957. The van der Waals surface area contributed by atoms with Gasteiger partial charge in [-0.05, 0) is 25.2 Å². The molecular weight excluding hydrogens is 1260 g/mol. The van der Waals surface area contributed by atoms with Crippen molar-refractivity contribution < 1.29 is 117 Å². The predicted molar refractivity (Wildman–Crippen MR) is 356 cm³/mol. The second kappa shape index (κ2) is 52.0. The van der Waals surface area contributed by atoms with Crippen LogP contribution in [-0.2, 0) is 61.2 Å². The number of carbonyl (C=O) groups excluding carboxylic acids is 3. The van der Waals surface area contributed by atoms with E-state index in [9.17, 15) is 74.9 Å². The lowest BCUT2D eigenvalue weighted by Crippen LogP contribution is -2.69. The molecule has 0 aromatic carbocycles. The lowest BCUT2D eigenvalue weighted by molar-refractivity contribution is -0.360. The predicted octanol–water partition coefficient (Wildman–Crippen LogP) is 9.65. The lowest BCUT2D eigenvalue weighted by atomic mass is 9.84. The van der Waals surface area contributed by atoms with Crippen LogP contribution in [0.15, 0.2) is 0 Å². The molecule has 24 nitrogen and oxygen atoms in total. The summed E-state index contributed by atoms with van der Waals surface area (Å²) in [6, 6.07) is 0. The maximum Gasteiger partial charge on any atom is 0.472 e.